The van der Waals surface area contributed by atoms with Crippen LogP contribution in [-0.4, -0.2) is 4.98 Å². The Morgan fingerprint density at radius 3 is 3.07 bits per heavy atom. The smallest absolute Gasteiger partial charge is 0.192 e. The number of hydrogen-bond acceptors (Lipinski definition) is 4. The van der Waals surface area contributed by atoms with E-state index < -0.39 is 0 Å². The number of hydrogen-bond donors (Lipinski definition) is 0. The lowest BCUT2D eigenvalue weighted by molar-refractivity contribution is 0.561. The molecule has 2 aromatic rings. The quantitative estimate of drug-likeness (QED) is 0.702. The highest BCUT2D eigenvalue weighted by atomic mass is 16.3. The number of allylic oxidation sites excluding steroid dienone is 1. The van der Waals surface area contributed by atoms with Crippen LogP contribution in [0, 0.1) is 11.8 Å². The summed E-state index contributed by atoms with van der Waals surface area (Å²) in [6.45, 7) is 3.46. The normalized spacial score (nSPS) is 12.0. The van der Waals surface area contributed by atoms with Gasteiger partial charge >= 0.3 is 0 Å². The lowest BCUT2D eigenvalue weighted by Gasteiger charge is -1.92. The highest BCUT2D eigenvalue weighted by molar-refractivity contribution is 5.76. The lowest BCUT2D eigenvalue weighted by Crippen LogP contribution is -1.75. The zero-order valence-electron chi connectivity index (χ0n) is 8.52. The van der Waals surface area contributed by atoms with Crippen molar-refractivity contribution in [3.05, 3.63) is 40.3 Å². The summed E-state index contributed by atoms with van der Waals surface area (Å²) < 4.78 is 5.34. The first kappa shape index (κ1) is 9.58. The second kappa shape index (κ2) is 3.65. The molecule has 1 aromatic carbocycles. The minimum Gasteiger partial charge on any atom is -0.441 e. The Morgan fingerprint density at radius 1 is 1.53 bits per heavy atom. The Bertz CT molecular complexity index is 541. The van der Waals surface area contributed by atoms with Gasteiger partial charge in [0, 0.05) is 6.92 Å². The van der Waals surface area contributed by atoms with E-state index in [-0.39, 0.29) is 0 Å². The molecule has 76 valence electrons. The Morgan fingerprint density at radius 2 is 2.33 bits per heavy atom. The summed E-state index contributed by atoms with van der Waals surface area (Å²) in [6.07, 6.45) is 1.70. The maximum absolute atomic E-state index is 10.2. The molecule has 4 nitrogen and oxygen atoms in total. The van der Waals surface area contributed by atoms with Gasteiger partial charge in [0.2, 0.25) is 0 Å². The summed E-state index contributed by atoms with van der Waals surface area (Å²) in [4.78, 5) is 14.4. The largest absolute Gasteiger partial charge is 0.441 e. The maximum Gasteiger partial charge on any atom is 0.192 e. The Hall–Kier alpha value is -1.97. The Balaban J connectivity index is 2.51. The third kappa shape index (κ3) is 1.93. The molecular weight excluding hydrogens is 192 g/mol. The molecule has 0 aliphatic heterocycles. The molecule has 0 N–H and O–H groups in total. The van der Waals surface area contributed by atoms with Crippen molar-refractivity contribution in [3.63, 3.8) is 0 Å². The van der Waals surface area contributed by atoms with E-state index >= 15 is 0 Å². The number of nitrogens with zero attached hydrogens (tertiary/aromatic N) is 2. The second-order valence-electron chi connectivity index (χ2n) is 3.34. The van der Waals surface area contributed by atoms with E-state index in [4.69, 9.17) is 4.42 Å². The van der Waals surface area contributed by atoms with Gasteiger partial charge in [-0.1, -0.05) is 6.07 Å². The first-order valence-electron chi connectivity index (χ1n) is 4.58. The van der Waals surface area contributed by atoms with Crippen LogP contribution in [0.3, 0.4) is 0 Å². The van der Waals surface area contributed by atoms with E-state index in [9.17, 15) is 4.91 Å². The topological polar surface area (TPSA) is 55.5 Å². The van der Waals surface area contributed by atoms with Crippen molar-refractivity contribution in [1.82, 2.24) is 4.98 Å². The van der Waals surface area contributed by atoms with Gasteiger partial charge in [-0.3, -0.25) is 0 Å². The van der Waals surface area contributed by atoms with Crippen molar-refractivity contribution in [2.45, 2.75) is 13.8 Å². The summed E-state index contributed by atoms with van der Waals surface area (Å²) >= 11 is 0. The summed E-state index contributed by atoms with van der Waals surface area (Å²) in [5.41, 5.74) is 2.88. The summed E-state index contributed by atoms with van der Waals surface area (Å²) in [6, 6.07) is 5.56. The number of aromatic nitrogens is 1. The molecule has 0 spiro atoms. The summed E-state index contributed by atoms with van der Waals surface area (Å²) in [5, 5.41) is 2.84. The van der Waals surface area contributed by atoms with E-state index in [1.807, 2.05) is 18.2 Å². The molecular formula is C11H10N2O2. The predicted molar refractivity (Wildman–Crippen MR) is 58.2 cm³/mol. The van der Waals surface area contributed by atoms with E-state index in [2.05, 4.69) is 10.2 Å². The molecule has 0 amide bonds. The maximum atomic E-state index is 10.2. The Kier molecular flexibility index (Phi) is 2.33. The second-order valence-corrected chi connectivity index (χ2v) is 3.34. The molecule has 0 radical (unpaired) electrons. The molecule has 0 saturated carbocycles. The summed E-state index contributed by atoms with van der Waals surface area (Å²) in [5.74, 6) is 0.636. The summed E-state index contributed by atoms with van der Waals surface area (Å²) in [7, 11) is 0. The zero-order valence-corrected chi connectivity index (χ0v) is 8.52. The van der Waals surface area contributed by atoms with E-state index in [0.29, 0.717) is 11.6 Å². The number of fused-ring (bicyclic) bond motifs is 1. The van der Waals surface area contributed by atoms with Crippen LogP contribution < -0.4 is 0 Å². The molecule has 1 aromatic heterocycles. The predicted octanol–water partition coefficient (Wildman–Crippen LogP) is 3.26. The van der Waals surface area contributed by atoms with Crippen LogP contribution in [0.4, 0.5) is 0 Å². The van der Waals surface area contributed by atoms with Gasteiger partial charge in [0.15, 0.2) is 11.5 Å². The van der Waals surface area contributed by atoms with E-state index in [1.165, 1.54) is 0 Å². The number of oxazole rings is 1. The number of nitroso groups, excluding NO2 is 1. The van der Waals surface area contributed by atoms with Gasteiger partial charge in [-0.15, -0.1) is 4.91 Å². The van der Waals surface area contributed by atoms with Gasteiger partial charge in [0.1, 0.15) is 5.52 Å². The molecule has 0 aliphatic carbocycles. The fourth-order valence-electron chi connectivity index (χ4n) is 1.42. The standard InChI is InChI=1S/C11H10N2O2/c1-7(13-14)5-9-3-4-11-10(6-9)12-8(2)15-11/h3-6H,1-2H3/b7-5+. The molecule has 1 heterocycles. The van der Waals surface area contributed by atoms with Crippen molar-refractivity contribution in [2.75, 3.05) is 0 Å². The van der Waals surface area contributed by atoms with Gasteiger partial charge in [0.05, 0.1) is 5.70 Å². The fraction of sp³-hybridized carbons (Fsp3) is 0.182. The lowest BCUT2D eigenvalue weighted by atomic mass is 10.2. The van der Waals surface area contributed by atoms with Gasteiger partial charge in [-0.2, -0.15) is 0 Å². The zero-order chi connectivity index (χ0) is 10.8. The van der Waals surface area contributed by atoms with Gasteiger partial charge < -0.3 is 4.42 Å². The molecule has 0 saturated heterocycles. The molecule has 0 bridgehead atoms. The van der Waals surface area contributed by atoms with Crippen molar-refractivity contribution >= 4 is 17.2 Å². The van der Waals surface area contributed by atoms with Crippen molar-refractivity contribution < 1.29 is 4.42 Å². The number of rotatable bonds is 2. The molecule has 0 atom stereocenters. The van der Waals surface area contributed by atoms with Crippen LogP contribution in [0.25, 0.3) is 17.2 Å². The van der Waals surface area contributed by atoms with E-state index in [0.717, 1.165) is 16.7 Å². The minimum atomic E-state index is 0.439. The molecule has 4 heteroatoms. The van der Waals surface area contributed by atoms with Crippen LogP contribution in [0.15, 0.2) is 33.5 Å². The van der Waals surface area contributed by atoms with Gasteiger partial charge in [-0.05, 0) is 35.9 Å². The van der Waals surface area contributed by atoms with Crippen molar-refractivity contribution in [2.24, 2.45) is 5.18 Å². The van der Waals surface area contributed by atoms with Gasteiger partial charge in [0.25, 0.3) is 0 Å². The highest BCUT2D eigenvalue weighted by Gasteiger charge is 2.01. The van der Waals surface area contributed by atoms with Crippen LogP contribution in [-0.2, 0) is 0 Å². The third-order valence-corrected chi connectivity index (χ3v) is 2.04. The SMILES string of the molecule is C/C(=C\c1ccc2oc(C)nc2c1)N=O. The highest BCUT2D eigenvalue weighted by Crippen LogP contribution is 2.18. The van der Waals surface area contributed by atoms with Crippen molar-refractivity contribution in [1.29, 1.82) is 0 Å². The average molecular weight is 202 g/mol. The molecule has 15 heavy (non-hydrogen) atoms. The minimum absolute atomic E-state index is 0.439. The number of benzene rings is 1. The van der Waals surface area contributed by atoms with E-state index in [1.54, 1.807) is 19.9 Å². The molecule has 2 rings (SSSR count). The number of aryl methyl sites for hydroxylation is 1. The molecule has 0 fully saturated rings. The monoisotopic (exact) mass is 202 g/mol. The van der Waals surface area contributed by atoms with Crippen LogP contribution in [0.1, 0.15) is 18.4 Å². The van der Waals surface area contributed by atoms with Crippen molar-refractivity contribution in [3.8, 4) is 0 Å². The van der Waals surface area contributed by atoms with Crippen LogP contribution >= 0.6 is 0 Å². The first-order valence-corrected chi connectivity index (χ1v) is 4.58. The molecule has 0 aliphatic rings. The average Bonchev–Trinajstić information content (AvgIpc) is 2.57. The van der Waals surface area contributed by atoms with Crippen LogP contribution in [0.5, 0.6) is 0 Å². The fourth-order valence-corrected chi connectivity index (χ4v) is 1.42. The Labute approximate surface area is 86.6 Å². The van der Waals surface area contributed by atoms with Crippen LogP contribution in [0.2, 0.25) is 0 Å². The third-order valence-electron chi connectivity index (χ3n) is 2.04. The molecule has 0 unspecified atom stereocenters. The van der Waals surface area contributed by atoms with Gasteiger partial charge in [-0.25, -0.2) is 4.98 Å². The first-order chi connectivity index (χ1) is 7.19.